The van der Waals surface area contributed by atoms with E-state index in [1.54, 1.807) is 6.20 Å². The van der Waals surface area contributed by atoms with Gasteiger partial charge in [-0.2, -0.15) is 0 Å². The molecule has 0 fully saturated rings. The first kappa shape index (κ1) is 16.5. The predicted octanol–water partition coefficient (Wildman–Crippen LogP) is 4.94. The number of nitrogens with one attached hydrogen (secondary N) is 1. The van der Waals surface area contributed by atoms with Crippen molar-refractivity contribution in [1.29, 1.82) is 0 Å². The van der Waals surface area contributed by atoms with Crippen LogP contribution in [0.2, 0.25) is 5.02 Å². The summed E-state index contributed by atoms with van der Waals surface area (Å²) in [5.41, 5.74) is 0.969. The van der Waals surface area contributed by atoms with Crippen LogP contribution in [0.5, 0.6) is 0 Å². The molecule has 21 heavy (non-hydrogen) atoms. The van der Waals surface area contributed by atoms with E-state index in [1.165, 1.54) is 0 Å². The second-order valence-electron chi connectivity index (χ2n) is 5.44. The highest BCUT2D eigenvalue weighted by Gasteiger charge is 2.10. The first-order chi connectivity index (χ1) is 10.1. The first-order valence-corrected chi connectivity index (χ1v) is 8.34. The van der Waals surface area contributed by atoms with E-state index in [9.17, 15) is 0 Å². The van der Waals surface area contributed by atoms with Crippen LogP contribution in [-0.2, 0) is 6.42 Å². The number of aryl methyl sites for hydroxylation is 1. The lowest BCUT2D eigenvalue weighted by Gasteiger charge is -2.05. The number of halogens is 2. The van der Waals surface area contributed by atoms with E-state index < -0.39 is 0 Å². The predicted molar refractivity (Wildman–Crippen MR) is 90.7 cm³/mol. The van der Waals surface area contributed by atoms with Crippen LogP contribution >= 0.6 is 27.5 Å². The smallest absolute Gasteiger partial charge is 0.194 e. The molecule has 0 atom stereocenters. The molecule has 5 heteroatoms. The van der Waals surface area contributed by atoms with E-state index >= 15 is 0 Å². The second-order valence-corrected chi connectivity index (χ2v) is 6.73. The third kappa shape index (κ3) is 5.13. The van der Waals surface area contributed by atoms with Gasteiger partial charge in [-0.05, 0) is 59.6 Å². The molecule has 1 aromatic carbocycles. The maximum atomic E-state index is 5.95. The average molecular weight is 372 g/mol. The summed E-state index contributed by atoms with van der Waals surface area (Å²) in [7, 11) is 0. The highest BCUT2D eigenvalue weighted by atomic mass is 79.9. The fraction of sp³-hybridized carbons (Fsp3) is 0.438. The Balaban J connectivity index is 1.89. The van der Waals surface area contributed by atoms with Gasteiger partial charge in [-0.1, -0.05) is 25.4 Å². The summed E-state index contributed by atoms with van der Waals surface area (Å²) in [6.07, 6.45) is 3.63. The highest BCUT2D eigenvalue weighted by Crippen LogP contribution is 2.31. The lowest BCUT2D eigenvalue weighted by molar-refractivity contribution is 0.483. The molecule has 0 saturated carbocycles. The topological polar surface area (TPSA) is 38.1 Å². The van der Waals surface area contributed by atoms with E-state index in [4.69, 9.17) is 16.0 Å². The zero-order chi connectivity index (χ0) is 15.2. The number of aromatic nitrogens is 1. The molecule has 0 amide bonds. The Morgan fingerprint density at radius 3 is 2.90 bits per heavy atom. The minimum atomic E-state index is 0.681. The molecular formula is C16H20BrClN2O. The van der Waals surface area contributed by atoms with E-state index in [0.717, 1.165) is 47.6 Å². The van der Waals surface area contributed by atoms with Gasteiger partial charge in [0.05, 0.1) is 6.20 Å². The monoisotopic (exact) mass is 370 g/mol. The number of nitrogens with zero attached hydrogens (tertiary/aromatic N) is 1. The highest BCUT2D eigenvalue weighted by molar-refractivity contribution is 9.10. The Labute approximate surface area is 139 Å². The Bertz CT molecular complexity index is 583. The van der Waals surface area contributed by atoms with Crippen molar-refractivity contribution in [2.45, 2.75) is 26.7 Å². The molecule has 0 aliphatic heterocycles. The Hall–Kier alpha value is -0.840. The zero-order valence-corrected chi connectivity index (χ0v) is 14.7. The van der Waals surface area contributed by atoms with Crippen LogP contribution in [0.3, 0.4) is 0 Å². The second kappa shape index (κ2) is 7.97. The molecule has 2 rings (SSSR count). The molecule has 2 aromatic rings. The van der Waals surface area contributed by atoms with E-state index in [2.05, 4.69) is 40.1 Å². The van der Waals surface area contributed by atoms with Gasteiger partial charge in [0.25, 0.3) is 0 Å². The van der Waals surface area contributed by atoms with Crippen molar-refractivity contribution >= 4 is 27.5 Å². The number of hydrogen-bond acceptors (Lipinski definition) is 3. The fourth-order valence-corrected chi connectivity index (χ4v) is 2.87. The molecule has 3 nitrogen and oxygen atoms in total. The number of benzene rings is 1. The van der Waals surface area contributed by atoms with Gasteiger partial charge in [0.1, 0.15) is 0 Å². The van der Waals surface area contributed by atoms with Gasteiger partial charge in [0.2, 0.25) is 0 Å². The van der Waals surface area contributed by atoms with Gasteiger partial charge >= 0.3 is 0 Å². The van der Waals surface area contributed by atoms with Gasteiger partial charge in [-0.15, -0.1) is 0 Å². The van der Waals surface area contributed by atoms with Crippen molar-refractivity contribution in [1.82, 2.24) is 10.3 Å². The number of hydrogen-bond donors (Lipinski definition) is 1. The molecule has 0 saturated heterocycles. The van der Waals surface area contributed by atoms with Crippen LogP contribution in [0, 0.1) is 5.92 Å². The van der Waals surface area contributed by atoms with Crippen LogP contribution in [0.4, 0.5) is 0 Å². The molecule has 0 unspecified atom stereocenters. The summed E-state index contributed by atoms with van der Waals surface area (Å²) in [6, 6.07) is 5.63. The lowest BCUT2D eigenvalue weighted by atomic mass is 10.2. The average Bonchev–Trinajstić information content (AvgIpc) is 2.86. The van der Waals surface area contributed by atoms with E-state index in [-0.39, 0.29) is 0 Å². The molecule has 0 bridgehead atoms. The van der Waals surface area contributed by atoms with E-state index in [0.29, 0.717) is 10.9 Å². The Morgan fingerprint density at radius 1 is 1.38 bits per heavy atom. The van der Waals surface area contributed by atoms with Crippen molar-refractivity contribution in [3.8, 4) is 11.3 Å². The number of rotatable bonds is 7. The van der Waals surface area contributed by atoms with Crippen LogP contribution in [0.1, 0.15) is 26.2 Å². The molecule has 0 aliphatic carbocycles. The van der Waals surface area contributed by atoms with Gasteiger partial charge in [-0.25, -0.2) is 4.98 Å². The van der Waals surface area contributed by atoms with Crippen molar-refractivity contribution < 1.29 is 4.42 Å². The van der Waals surface area contributed by atoms with Crippen LogP contribution in [0.25, 0.3) is 11.3 Å². The quantitative estimate of drug-likeness (QED) is 0.701. The normalized spacial score (nSPS) is 11.3. The zero-order valence-electron chi connectivity index (χ0n) is 12.3. The van der Waals surface area contributed by atoms with Gasteiger partial charge in [0.15, 0.2) is 11.7 Å². The van der Waals surface area contributed by atoms with Crippen molar-refractivity contribution in [2.75, 3.05) is 13.1 Å². The molecule has 114 valence electrons. The molecule has 0 aliphatic rings. The number of oxazole rings is 1. The standard InChI is InChI=1S/C16H20BrClN2O/c1-11(2)9-19-7-3-4-16-20-10-15(21-16)13-6-5-12(18)8-14(13)17/h5-6,8,10-11,19H,3-4,7,9H2,1-2H3. The summed E-state index contributed by atoms with van der Waals surface area (Å²) in [6.45, 7) is 6.45. The summed E-state index contributed by atoms with van der Waals surface area (Å²) in [4.78, 5) is 4.34. The molecule has 1 N–H and O–H groups in total. The molecule has 1 aromatic heterocycles. The van der Waals surface area contributed by atoms with Gasteiger partial charge in [-0.3, -0.25) is 0 Å². The minimum absolute atomic E-state index is 0.681. The minimum Gasteiger partial charge on any atom is -0.441 e. The maximum absolute atomic E-state index is 5.95. The molecule has 1 heterocycles. The Morgan fingerprint density at radius 2 is 2.19 bits per heavy atom. The molecular weight excluding hydrogens is 352 g/mol. The largest absolute Gasteiger partial charge is 0.441 e. The van der Waals surface area contributed by atoms with Crippen LogP contribution in [0.15, 0.2) is 33.3 Å². The van der Waals surface area contributed by atoms with Crippen LogP contribution < -0.4 is 5.32 Å². The third-order valence-electron chi connectivity index (χ3n) is 3.05. The van der Waals surface area contributed by atoms with Crippen LogP contribution in [-0.4, -0.2) is 18.1 Å². The fourth-order valence-electron chi connectivity index (χ4n) is 2.00. The first-order valence-electron chi connectivity index (χ1n) is 7.17. The summed E-state index contributed by atoms with van der Waals surface area (Å²) >= 11 is 9.44. The molecule has 0 spiro atoms. The summed E-state index contributed by atoms with van der Waals surface area (Å²) < 4.78 is 6.72. The van der Waals surface area contributed by atoms with E-state index in [1.807, 2.05) is 18.2 Å². The Kier molecular flexibility index (Phi) is 6.27. The van der Waals surface area contributed by atoms with Crippen molar-refractivity contribution in [2.24, 2.45) is 5.92 Å². The SMILES string of the molecule is CC(C)CNCCCc1ncc(-c2ccc(Cl)cc2Br)o1. The summed E-state index contributed by atoms with van der Waals surface area (Å²) in [5.74, 6) is 2.22. The molecule has 0 radical (unpaired) electrons. The van der Waals surface area contributed by atoms with Gasteiger partial charge < -0.3 is 9.73 Å². The van der Waals surface area contributed by atoms with Crippen molar-refractivity contribution in [3.05, 3.63) is 39.8 Å². The van der Waals surface area contributed by atoms with Crippen molar-refractivity contribution in [3.63, 3.8) is 0 Å². The maximum Gasteiger partial charge on any atom is 0.194 e. The summed E-state index contributed by atoms with van der Waals surface area (Å²) in [5, 5.41) is 4.11. The third-order valence-corrected chi connectivity index (χ3v) is 3.94. The lowest BCUT2D eigenvalue weighted by Crippen LogP contribution is -2.21. The van der Waals surface area contributed by atoms with Gasteiger partial charge in [0, 0.05) is 21.5 Å².